The number of rotatable bonds is 16. The minimum absolute atomic E-state index is 0.0199. The first-order chi connectivity index (χ1) is 26.4. The molecule has 4 rings (SSSR count). The third kappa shape index (κ3) is 12.4. The third-order valence-electron chi connectivity index (χ3n) is 8.48. The van der Waals surface area contributed by atoms with Crippen LogP contribution in [0.5, 0.6) is 5.75 Å². The Bertz CT molecular complexity index is 1950. The third-order valence-corrected chi connectivity index (χ3v) is 8.48. The molecule has 1 unspecified atom stereocenters. The highest BCUT2D eigenvalue weighted by Gasteiger charge is 2.38. The molecule has 1 aromatic heterocycles. The molecule has 18 heteroatoms. The largest absolute Gasteiger partial charge is 0.496 e. The summed E-state index contributed by atoms with van der Waals surface area (Å²) < 4.78 is 48.0. The summed E-state index contributed by atoms with van der Waals surface area (Å²) in [5.74, 6) is -4.71. The maximum atomic E-state index is 13.8. The van der Waals surface area contributed by atoms with Crippen molar-refractivity contribution in [2.75, 3.05) is 32.2 Å². The van der Waals surface area contributed by atoms with Crippen molar-refractivity contribution in [3.63, 3.8) is 0 Å². The fourth-order valence-electron chi connectivity index (χ4n) is 4.81. The Hall–Kier alpha value is -6.30. The summed E-state index contributed by atoms with van der Waals surface area (Å²) in [7, 11) is 1.46. The normalized spacial score (nSPS) is 13.1. The van der Waals surface area contributed by atoms with Crippen LogP contribution in [-0.2, 0) is 19.1 Å². The van der Waals surface area contributed by atoms with Gasteiger partial charge in [-0.05, 0) is 73.2 Å². The van der Waals surface area contributed by atoms with Gasteiger partial charge in [-0.15, -0.1) is 0 Å². The van der Waals surface area contributed by atoms with E-state index in [0.717, 1.165) is 12.8 Å². The van der Waals surface area contributed by atoms with Crippen LogP contribution in [0, 0.1) is 17.2 Å². The number of halogens is 3. The SMILES string of the molecule is C=Cc1cc(C(=O)Nc2ccc(C(=N)N)cc2)c(-c2ccc(C(=O)NCC3CC3)nc2C(=O)OCCOC(=O)[C@@H](N)C(C)CC)cc1OC.O=C(O)C(F)(F)F. The number of methoxy groups -OCH3 is 1. The molecule has 0 bridgehead atoms. The Morgan fingerprint density at radius 1 is 1.04 bits per heavy atom. The first kappa shape index (κ1) is 44.1. The van der Waals surface area contributed by atoms with Gasteiger partial charge in [0.05, 0.1) is 7.11 Å². The van der Waals surface area contributed by atoms with Gasteiger partial charge in [0.2, 0.25) is 0 Å². The summed E-state index contributed by atoms with van der Waals surface area (Å²) in [6.07, 6.45) is -0.804. The highest BCUT2D eigenvalue weighted by atomic mass is 19.4. The number of hydrogen-bond donors (Lipinski definition) is 6. The van der Waals surface area contributed by atoms with Gasteiger partial charge >= 0.3 is 24.1 Å². The first-order valence-corrected chi connectivity index (χ1v) is 17.2. The minimum atomic E-state index is -5.08. The van der Waals surface area contributed by atoms with Gasteiger partial charge < -0.3 is 41.4 Å². The first-order valence-electron chi connectivity index (χ1n) is 17.2. The van der Waals surface area contributed by atoms with Crippen LogP contribution < -0.4 is 26.8 Å². The zero-order valence-corrected chi connectivity index (χ0v) is 30.8. The second kappa shape index (κ2) is 19.9. The number of hydrogen-bond acceptors (Lipinski definition) is 11. The lowest BCUT2D eigenvalue weighted by Gasteiger charge is -2.18. The molecule has 0 spiro atoms. The van der Waals surface area contributed by atoms with Crippen molar-refractivity contribution in [1.29, 1.82) is 5.41 Å². The van der Waals surface area contributed by atoms with Crippen molar-refractivity contribution >= 4 is 47.3 Å². The summed E-state index contributed by atoms with van der Waals surface area (Å²) in [5, 5.41) is 20.4. The van der Waals surface area contributed by atoms with E-state index >= 15 is 0 Å². The van der Waals surface area contributed by atoms with Crippen molar-refractivity contribution in [1.82, 2.24) is 10.3 Å². The Labute approximate surface area is 320 Å². The van der Waals surface area contributed by atoms with Crippen LogP contribution in [0.1, 0.15) is 75.6 Å². The zero-order chi connectivity index (χ0) is 41.7. The molecule has 2 aromatic carbocycles. The summed E-state index contributed by atoms with van der Waals surface area (Å²) in [6, 6.07) is 11.7. The van der Waals surface area contributed by atoms with E-state index in [-0.39, 0.29) is 53.0 Å². The minimum Gasteiger partial charge on any atom is -0.496 e. The van der Waals surface area contributed by atoms with E-state index in [9.17, 15) is 32.3 Å². The number of pyridine rings is 1. The fourth-order valence-corrected chi connectivity index (χ4v) is 4.81. The van der Waals surface area contributed by atoms with Crippen LogP contribution in [0.2, 0.25) is 0 Å². The van der Waals surface area contributed by atoms with Crippen LogP contribution in [-0.4, -0.2) is 84.7 Å². The lowest BCUT2D eigenvalue weighted by atomic mass is 9.94. The molecule has 2 atom stereocenters. The highest BCUT2D eigenvalue weighted by molar-refractivity contribution is 6.11. The average Bonchev–Trinajstić information content (AvgIpc) is 4.01. The van der Waals surface area contributed by atoms with Gasteiger partial charge in [-0.3, -0.25) is 19.8 Å². The highest BCUT2D eigenvalue weighted by Crippen LogP contribution is 2.35. The number of carbonyl (C=O) groups is 5. The number of esters is 2. The molecule has 300 valence electrons. The molecular weight excluding hydrogens is 741 g/mol. The van der Waals surface area contributed by atoms with Crippen molar-refractivity contribution in [3.8, 4) is 16.9 Å². The van der Waals surface area contributed by atoms with Crippen LogP contribution in [0.3, 0.4) is 0 Å². The summed E-state index contributed by atoms with van der Waals surface area (Å²) in [6.45, 7) is 7.51. The number of amides is 2. The average molecular weight is 785 g/mol. The Morgan fingerprint density at radius 3 is 2.20 bits per heavy atom. The number of nitrogens with zero attached hydrogens (tertiary/aromatic N) is 1. The molecule has 1 aliphatic rings. The quantitative estimate of drug-likeness (QED) is 0.0497. The van der Waals surface area contributed by atoms with Crippen LogP contribution >= 0.6 is 0 Å². The molecule has 0 radical (unpaired) electrons. The molecule has 1 fully saturated rings. The van der Waals surface area contributed by atoms with Crippen LogP contribution in [0.15, 0.2) is 55.1 Å². The predicted molar refractivity (Wildman–Crippen MR) is 199 cm³/mol. The number of nitrogens with one attached hydrogen (secondary N) is 3. The van der Waals surface area contributed by atoms with Crippen molar-refractivity contribution < 1.29 is 56.5 Å². The predicted octanol–water partition coefficient (Wildman–Crippen LogP) is 4.78. The number of aromatic nitrogens is 1. The molecular formula is C38H43F3N6O9. The lowest BCUT2D eigenvalue weighted by Crippen LogP contribution is -2.38. The summed E-state index contributed by atoms with van der Waals surface area (Å²) in [4.78, 5) is 66.0. The summed E-state index contributed by atoms with van der Waals surface area (Å²) >= 11 is 0. The van der Waals surface area contributed by atoms with Gasteiger partial charge in [0.1, 0.15) is 36.5 Å². The van der Waals surface area contributed by atoms with Crippen molar-refractivity contribution in [2.45, 2.75) is 45.3 Å². The Morgan fingerprint density at radius 2 is 1.66 bits per heavy atom. The van der Waals surface area contributed by atoms with E-state index in [0.29, 0.717) is 41.4 Å². The number of carbonyl (C=O) groups excluding carboxylic acids is 4. The number of ether oxygens (including phenoxy) is 3. The van der Waals surface area contributed by atoms with Gasteiger partial charge in [0.25, 0.3) is 11.8 Å². The van der Waals surface area contributed by atoms with Gasteiger partial charge in [-0.1, -0.05) is 32.9 Å². The van der Waals surface area contributed by atoms with Gasteiger partial charge in [-0.25, -0.2) is 14.6 Å². The molecule has 0 aliphatic heterocycles. The van der Waals surface area contributed by atoms with Crippen molar-refractivity contribution in [2.24, 2.45) is 23.3 Å². The molecule has 0 saturated heterocycles. The monoisotopic (exact) mass is 784 g/mol. The maximum absolute atomic E-state index is 13.8. The van der Waals surface area contributed by atoms with E-state index in [1.807, 2.05) is 13.8 Å². The number of alkyl halides is 3. The molecule has 1 aliphatic carbocycles. The van der Waals surface area contributed by atoms with Crippen molar-refractivity contribution in [3.05, 3.63) is 83.2 Å². The topological polar surface area (TPSA) is 246 Å². The number of amidine groups is 1. The smallest absolute Gasteiger partial charge is 0.490 e. The van der Waals surface area contributed by atoms with E-state index in [4.69, 9.17) is 41.0 Å². The van der Waals surface area contributed by atoms with Gasteiger partial charge in [0.15, 0.2) is 5.69 Å². The number of nitrogens with two attached hydrogens (primary N) is 2. The van der Waals surface area contributed by atoms with E-state index in [2.05, 4.69) is 22.2 Å². The molecule has 1 heterocycles. The van der Waals surface area contributed by atoms with Gasteiger partial charge in [-0.2, -0.15) is 13.2 Å². The van der Waals surface area contributed by atoms with E-state index in [1.54, 1.807) is 36.4 Å². The number of anilines is 1. The maximum Gasteiger partial charge on any atom is 0.490 e. The molecule has 1 saturated carbocycles. The zero-order valence-electron chi connectivity index (χ0n) is 30.8. The lowest BCUT2D eigenvalue weighted by molar-refractivity contribution is -0.192. The molecule has 56 heavy (non-hydrogen) atoms. The number of nitrogen functional groups attached to an aromatic ring is 1. The number of carboxylic acids is 1. The number of carboxylic acid groups (broad SMARTS) is 1. The standard InChI is InChI=1S/C36H42N6O7.C2HF3O2/c1-5-20(3)30(37)35(45)48-15-16-49-36(46)31-25(13-14-28(42-31)34(44)40-19-21-7-8-21)26-18-29(47-4)22(6-2)17-27(26)33(43)41-24-11-9-23(10-12-24)32(38)39;3-2(4,5)1(6)7/h6,9-14,17-18,20-21,30H,2,5,7-8,15-16,19,37H2,1,3-4H3,(H3,38,39)(H,40,44)(H,41,43);(H,6,7)/t20?,30-;/m0./s1. The second-order valence-electron chi connectivity index (χ2n) is 12.6. The molecule has 3 aromatic rings. The molecule has 15 nitrogen and oxygen atoms in total. The summed E-state index contributed by atoms with van der Waals surface area (Å²) in [5.41, 5.74) is 13.2. The Balaban J connectivity index is 0.00000109. The number of benzene rings is 2. The molecule has 2 amide bonds. The van der Waals surface area contributed by atoms with Crippen LogP contribution in [0.25, 0.3) is 17.2 Å². The van der Waals surface area contributed by atoms with Gasteiger partial charge in [0, 0.05) is 40.0 Å². The van der Waals surface area contributed by atoms with E-state index in [1.165, 1.54) is 25.3 Å². The fraction of sp³-hybridized carbons (Fsp3) is 0.342. The molecule has 8 N–H and O–H groups in total. The Kier molecular flexibility index (Phi) is 15.6. The number of aliphatic carboxylic acids is 1. The van der Waals surface area contributed by atoms with Crippen LogP contribution in [0.4, 0.5) is 18.9 Å². The van der Waals surface area contributed by atoms with E-state index < -0.39 is 41.9 Å². The second-order valence-corrected chi connectivity index (χ2v) is 12.6.